The minimum Gasteiger partial charge on any atom is -0.494 e. The molecular formula is C33H39N9O4. The Morgan fingerprint density at radius 1 is 0.891 bits per heavy atom. The predicted molar refractivity (Wildman–Crippen MR) is 175 cm³/mol. The van der Waals surface area contributed by atoms with Gasteiger partial charge in [-0.1, -0.05) is 53.7 Å². The zero-order valence-corrected chi connectivity index (χ0v) is 25.7. The van der Waals surface area contributed by atoms with Crippen LogP contribution < -0.4 is 37.6 Å². The minimum absolute atomic E-state index is 0.000341. The number of nitrogens with zero attached hydrogens (tertiary/aromatic N) is 3. The number of nitrogens with two attached hydrogens (primary N) is 1. The van der Waals surface area contributed by atoms with Crippen LogP contribution in [-0.2, 0) is 9.59 Å². The molecule has 0 fully saturated rings. The molecule has 240 valence electrons. The lowest BCUT2D eigenvalue weighted by Gasteiger charge is -2.14. The summed E-state index contributed by atoms with van der Waals surface area (Å²) in [5.74, 6) is 2.47. The van der Waals surface area contributed by atoms with E-state index in [0.29, 0.717) is 50.0 Å². The Bertz CT molecular complexity index is 1600. The van der Waals surface area contributed by atoms with Crippen LogP contribution in [0.3, 0.4) is 0 Å². The Morgan fingerprint density at radius 3 is 2.24 bits per heavy atom. The second kappa shape index (κ2) is 16.3. The third-order valence-electron chi connectivity index (χ3n) is 7.48. The van der Waals surface area contributed by atoms with Crippen molar-refractivity contribution in [1.82, 2.24) is 37.3 Å². The van der Waals surface area contributed by atoms with Crippen LogP contribution in [0, 0.1) is 0 Å². The number of benzene rings is 3. The highest BCUT2D eigenvalue weighted by atomic mass is 16.5. The number of hydrazine groups is 2. The number of hydrogen-bond acceptors (Lipinski definition) is 12. The number of amidine groups is 1. The van der Waals surface area contributed by atoms with Crippen molar-refractivity contribution in [3.05, 3.63) is 78.4 Å². The molecule has 1 aliphatic rings. The Kier molecular flexibility index (Phi) is 11.4. The number of carbonyl (C=O) groups excluding carboxylic acids is 2. The van der Waals surface area contributed by atoms with Gasteiger partial charge in [-0.15, -0.1) is 10.6 Å². The van der Waals surface area contributed by atoms with Crippen LogP contribution in [0.25, 0.3) is 34.0 Å². The Hall–Kier alpha value is -5.11. The second-order valence-corrected chi connectivity index (χ2v) is 10.8. The van der Waals surface area contributed by atoms with E-state index < -0.39 is 0 Å². The van der Waals surface area contributed by atoms with Crippen LogP contribution in [0.15, 0.2) is 82.4 Å². The van der Waals surface area contributed by atoms with Crippen LogP contribution in [0.2, 0.25) is 0 Å². The largest absolute Gasteiger partial charge is 0.494 e. The molecule has 13 heteroatoms. The lowest BCUT2D eigenvalue weighted by molar-refractivity contribution is -0.121. The van der Waals surface area contributed by atoms with Crippen LogP contribution in [-0.4, -0.2) is 53.5 Å². The summed E-state index contributed by atoms with van der Waals surface area (Å²) in [5, 5.41) is 14.2. The monoisotopic (exact) mass is 625 g/mol. The topological polar surface area (TPSA) is 181 Å². The number of ketones is 1. The first-order valence-electron chi connectivity index (χ1n) is 15.3. The van der Waals surface area contributed by atoms with E-state index in [9.17, 15) is 9.59 Å². The van der Waals surface area contributed by atoms with Gasteiger partial charge in [-0.2, -0.15) is 4.98 Å². The van der Waals surface area contributed by atoms with E-state index >= 15 is 0 Å². The Morgan fingerprint density at radius 2 is 1.57 bits per heavy atom. The maximum atomic E-state index is 12.1. The number of amides is 1. The normalized spacial score (nSPS) is 13.0. The van der Waals surface area contributed by atoms with E-state index in [1.165, 1.54) is 0 Å². The van der Waals surface area contributed by atoms with Crippen LogP contribution in [0.4, 0.5) is 0 Å². The first-order chi connectivity index (χ1) is 22.5. The van der Waals surface area contributed by atoms with Crippen molar-refractivity contribution in [2.45, 2.75) is 45.1 Å². The molecule has 2 heterocycles. The number of rotatable bonds is 17. The standard InChI is InChI=1S/C33H39N9O4/c1-22(43)29(36-21-34)5-2-3-19-35-30(44)6-4-20-45-28-17-15-24(16-18-28)23-7-9-25(10-8-23)31-37-33(46-40-31)27-13-11-26(12-14-27)32-38-41-42-39-32/h7-18,29,36,41-42H,2-6,19-21,34H2,1H3,(H,35,44)(H,38,39)/t29-/m0/s1. The van der Waals surface area contributed by atoms with Gasteiger partial charge in [0.15, 0.2) is 5.84 Å². The number of hydrazone groups is 1. The summed E-state index contributed by atoms with van der Waals surface area (Å²) in [6.07, 6.45) is 3.38. The van der Waals surface area contributed by atoms with Crippen LogP contribution >= 0.6 is 0 Å². The summed E-state index contributed by atoms with van der Waals surface area (Å²) >= 11 is 0. The van der Waals surface area contributed by atoms with Gasteiger partial charge in [-0.3, -0.25) is 20.3 Å². The summed E-state index contributed by atoms with van der Waals surface area (Å²) < 4.78 is 11.4. The van der Waals surface area contributed by atoms with Crippen molar-refractivity contribution in [3.8, 4) is 39.7 Å². The average Bonchev–Trinajstić information content (AvgIpc) is 3.80. The van der Waals surface area contributed by atoms with Gasteiger partial charge in [0.05, 0.1) is 12.6 Å². The van der Waals surface area contributed by atoms with Crippen molar-refractivity contribution >= 4 is 17.5 Å². The maximum Gasteiger partial charge on any atom is 0.258 e. The molecule has 1 aromatic heterocycles. The lowest BCUT2D eigenvalue weighted by atomic mass is 10.0. The fraction of sp³-hybridized carbons (Fsp3) is 0.303. The molecule has 0 saturated carbocycles. The van der Waals surface area contributed by atoms with Crippen LogP contribution in [0.1, 0.15) is 44.6 Å². The third-order valence-corrected chi connectivity index (χ3v) is 7.48. The minimum atomic E-state index is -0.215. The molecule has 7 N–H and O–H groups in total. The average molecular weight is 626 g/mol. The zero-order chi connectivity index (χ0) is 32.1. The van der Waals surface area contributed by atoms with Crippen molar-refractivity contribution in [2.75, 3.05) is 19.8 Å². The molecule has 5 rings (SSSR count). The number of carbonyl (C=O) groups is 2. The number of ether oxygens (including phenoxy) is 1. The van der Waals surface area contributed by atoms with Gasteiger partial charge in [0.1, 0.15) is 11.5 Å². The van der Waals surface area contributed by atoms with Crippen molar-refractivity contribution < 1.29 is 18.8 Å². The molecule has 1 amide bonds. The predicted octanol–water partition coefficient (Wildman–Crippen LogP) is 3.25. The fourth-order valence-electron chi connectivity index (χ4n) is 4.92. The number of Topliss-reactive ketones (excluding diaryl/α,β-unsaturated/α-hetero) is 1. The highest BCUT2D eigenvalue weighted by Crippen LogP contribution is 2.27. The molecule has 1 atom stereocenters. The van der Waals surface area contributed by atoms with E-state index in [1.54, 1.807) is 6.92 Å². The number of hydrogen-bond donors (Lipinski definition) is 6. The molecule has 0 spiro atoms. The quantitative estimate of drug-likeness (QED) is 0.0749. The molecule has 0 bridgehead atoms. The molecular weight excluding hydrogens is 586 g/mol. The highest BCUT2D eigenvalue weighted by Gasteiger charge is 2.14. The lowest BCUT2D eigenvalue weighted by Crippen LogP contribution is -2.39. The summed E-state index contributed by atoms with van der Waals surface area (Å²) in [6, 6.07) is 23.3. The van der Waals surface area contributed by atoms with Gasteiger partial charge in [0, 0.05) is 36.3 Å². The number of aromatic nitrogens is 2. The van der Waals surface area contributed by atoms with E-state index in [1.807, 2.05) is 72.8 Å². The molecule has 0 saturated heterocycles. The molecule has 0 aliphatic carbocycles. The van der Waals surface area contributed by atoms with Crippen molar-refractivity contribution in [3.63, 3.8) is 0 Å². The molecule has 3 aromatic carbocycles. The highest BCUT2D eigenvalue weighted by molar-refractivity contribution is 5.99. The molecule has 13 nitrogen and oxygen atoms in total. The van der Waals surface area contributed by atoms with E-state index in [0.717, 1.165) is 46.4 Å². The van der Waals surface area contributed by atoms with E-state index in [2.05, 4.69) is 42.4 Å². The van der Waals surface area contributed by atoms with E-state index in [-0.39, 0.29) is 24.4 Å². The molecule has 46 heavy (non-hydrogen) atoms. The Labute approximate surface area is 267 Å². The smallest absolute Gasteiger partial charge is 0.258 e. The molecule has 4 aromatic rings. The first-order valence-corrected chi connectivity index (χ1v) is 15.3. The summed E-state index contributed by atoms with van der Waals surface area (Å²) in [7, 11) is 0. The number of unbranched alkanes of at least 4 members (excludes halogenated alkanes) is 1. The van der Waals surface area contributed by atoms with Crippen molar-refractivity contribution in [2.24, 2.45) is 10.8 Å². The summed E-state index contributed by atoms with van der Waals surface area (Å²) in [4.78, 5) is 28.2. The Balaban J connectivity index is 1.02. The van der Waals surface area contributed by atoms with Gasteiger partial charge in [0.25, 0.3) is 5.89 Å². The van der Waals surface area contributed by atoms with Gasteiger partial charge >= 0.3 is 0 Å². The van der Waals surface area contributed by atoms with Gasteiger partial charge < -0.3 is 20.3 Å². The fourth-order valence-corrected chi connectivity index (χ4v) is 4.92. The zero-order valence-electron chi connectivity index (χ0n) is 25.7. The van der Waals surface area contributed by atoms with E-state index in [4.69, 9.17) is 15.0 Å². The van der Waals surface area contributed by atoms with Gasteiger partial charge in [0.2, 0.25) is 11.7 Å². The maximum absolute atomic E-state index is 12.1. The molecule has 0 unspecified atom stereocenters. The number of nitrogens with one attached hydrogen (secondary N) is 5. The SMILES string of the molecule is CC(=O)[C@H](CCCCNC(=O)CCCOc1ccc(-c2ccc(-c3noc(-c4ccc(C5=NNNN5)cc4)n3)cc2)cc1)NCN. The molecule has 0 radical (unpaired) electrons. The second-order valence-electron chi connectivity index (χ2n) is 10.8. The van der Waals surface area contributed by atoms with Crippen LogP contribution in [0.5, 0.6) is 5.75 Å². The van der Waals surface area contributed by atoms with Gasteiger partial charge in [-0.25, -0.2) is 5.53 Å². The third kappa shape index (κ3) is 8.97. The molecule has 1 aliphatic heterocycles. The van der Waals surface area contributed by atoms with Gasteiger partial charge in [-0.05, 0) is 68.0 Å². The summed E-state index contributed by atoms with van der Waals surface area (Å²) in [5.41, 5.74) is 18.4. The van der Waals surface area contributed by atoms with Crippen molar-refractivity contribution in [1.29, 1.82) is 0 Å². The first kappa shape index (κ1) is 32.3. The summed E-state index contributed by atoms with van der Waals surface area (Å²) in [6.45, 7) is 2.87.